The molecule has 0 amide bonds. The van der Waals surface area contributed by atoms with Gasteiger partial charge in [-0.05, 0) is 49.2 Å². The summed E-state index contributed by atoms with van der Waals surface area (Å²) in [6.07, 6.45) is -0.458. The van der Waals surface area contributed by atoms with Crippen LogP contribution < -0.4 is 4.74 Å². The van der Waals surface area contributed by atoms with E-state index >= 15 is 0 Å². The van der Waals surface area contributed by atoms with Crippen LogP contribution in [-0.2, 0) is 0 Å². The highest BCUT2D eigenvalue weighted by molar-refractivity contribution is 5.38. The van der Waals surface area contributed by atoms with E-state index in [0.29, 0.717) is 6.61 Å². The molecule has 2 aromatic rings. The summed E-state index contributed by atoms with van der Waals surface area (Å²) in [4.78, 5) is 0. The van der Waals surface area contributed by atoms with Crippen molar-refractivity contribution in [3.8, 4) is 17.6 Å². The fraction of sp³-hybridized carbons (Fsp3) is 0.222. The van der Waals surface area contributed by atoms with E-state index in [1.165, 1.54) is 0 Å². The van der Waals surface area contributed by atoms with Crippen molar-refractivity contribution in [1.29, 1.82) is 0 Å². The summed E-state index contributed by atoms with van der Waals surface area (Å²) in [5, 5.41) is 9.52. The second-order valence-electron chi connectivity index (χ2n) is 4.66. The predicted octanol–water partition coefficient (Wildman–Crippen LogP) is 3.48. The van der Waals surface area contributed by atoms with Gasteiger partial charge < -0.3 is 9.84 Å². The summed E-state index contributed by atoms with van der Waals surface area (Å²) >= 11 is 0. The Labute approximate surface area is 120 Å². The van der Waals surface area contributed by atoms with Crippen molar-refractivity contribution in [1.82, 2.24) is 0 Å². The first-order chi connectivity index (χ1) is 9.66. The molecule has 0 saturated heterocycles. The van der Waals surface area contributed by atoms with Gasteiger partial charge in [-0.1, -0.05) is 36.1 Å². The van der Waals surface area contributed by atoms with Crippen LogP contribution in [0.4, 0.5) is 0 Å². The van der Waals surface area contributed by atoms with E-state index in [1.54, 1.807) is 6.92 Å². The van der Waals surface area contributed by atoms with Crippen LogP contribution in [0.15, 0.2) is 48.5 Å². The van der Waals surface area contributed by atoms with E-state index in [4.69, 9.17) is 4.74 Å². The molecule has 0 saturated carbocycles. The Bertz CT molecular complexity index is 619. The summed E-state index contributed by atoms with van der Waals surface area (Å²) in [5.41, 5.74) is 2.88. The molecule has 0 fully saturated rings. The van der Waals surface area contributed by atoms with Crippen LogP contribution in [0.5, 0.6) is 5.75 Å². The predicted molar refractivity (Wildman–Crippen MR) is 80.6 cm³/mol. The first-order valence-corrected chi connectivity index (χ1v) is 6.62. The van der Waals surface area contributed by atoms with Gasteiger partial charge in [0.15, 0.2) is 0 Å². The first kappa shape index (κ1) is 14.2. The van der Waals surface area contributed by atoms with Gasteiger partial charge in [0.25, 0.3) is 0 Å². The molecule has 1 N–H and O–H groups in total. The molecule has 2 aromatic carbocycles. The van der Waals surface area contributed by atoms with Gasteiger partial charge in [-0.25, -0.2) is 0 Å². The van der Waals surface area contributed by atoms with E-state index in [0.717, 1.165) is 22.4 Å². The van der Waals surface area contributed by atoms with Crippen molar-refractivity contribution in [2.45, 2.75) is 20.0 Å². The average molecular weight is 266 g/mol. The quantitative estimate of drug-likeness (QED) is 0.862. The largest absolute Gasteiger partial charge is 0.481 e. The van der Waals surface area contributed by atoms with E-state index in [-0.39, 0.29) is 0 Å². The Morgan fingerprint density at radius 2 is 1.90 bits per heavy atom. The standard InChI is InChI=1S/C18H18O2/c1-14-13-17(15(2)19)10-11-18(14)20-12-6-9-16-7-4-3-5-8-16/h3-5,7-8,10-11,13,15,19H,12H2,1-2H3. The minimum Gasteiger partial charge on any atom is -0.481 e. The Hall–Kier alpha value is -2.24. The number of hydrogen-bond acceptors (Lipinski definition) is 2. The Morgan fingerprint density at radius 3 is 2.55 bits per heavy atom. The fourth-order valence-electron chi connectivity index (χ4n) is 1.87. The lowest BCUT2D eigenvalue weighted by Gasteiger charge is -2.10. The maximum Gasteiger partial charge on any atom is 0.149 e. The molecule has 0 spiro atoms. The molecule has 0 heterocycles. The van der Waals surface area contributed by atoms with Crippen LogP contribution in [0.3, 0.4) is 0 Å². The molecule has 2 rings (SSSR count). The van der Waals surface area contributed by atoms with Crippen LogP contribution in [0, 0.1) is 18.8 Å². The normalized spacial score (nSPS) is 11.3. The molecule has 0 bridgehead atoms. The van der Waals surface area contributed by atoms with Crippen LogP contribution in [0.1, 0.15) is 29.7 Å². The molecular formula is C18H18O2. The number of ether oxygens (including phenoxy) is 1. The smallest absolute Gasteiger partial charge is 0.149 e. The molecule has 2 heteroatoms. The number of rotatable bonds is 3. The zero-order valence-electron chi connectivity index (χ0n) is 11.8. The molecule has 0 aliphatic rings. The van der Waals surface area contributed by atoms with Crippen molar-refractivity contribution in [2.24, 2.45) is 0 Å². The number of benzene rings is 2. The van der Waals surface area contributed by atoms with Crippen molar-refractivity contribution in [3.05, 3.63) is 65.2 Å². The van der Waals surface area contributed by atoms with Gasteiger partial charge in [0.05, 0.1) is 6.10 Å². The van der Waals surface area contributed by atoms with Gasteiger partial charge in [-0.15, -0.1) is 0 Å². The highest BCUT2D eigenvalue weighted by atomic mass is 16.5. The van der Waals surface area contributed by atoms with Crippen molar-refractivity contribution >= 4 is 0 Å². The fourth-order valence-corrected chi connectivity index (χ4v) is 1.87. The lowest BCUT2D eigenvalue weighted by Crippen LogP contribution is -1.98. The topological polar surface area (TPSA) is 29.5 Å². The van der Waals surface area contributed by atoms with E-state index < -0.39 is 6.10 Å². The third kappa shape index (κ3) is 3.88. The van der Waals surface area contributed by atoms with Crippen molar-refractivity contribution in [3.63, 3.8) is 0 Å². The third-order valence-corrected chi connectivity index (χ3v) is 2.99. The van der Waals surface area contributed by atoms with Gasteiger partial charge in [0, 0.05) is 5.56 Å². The Balaban J connectivity index is 1.97. The SMILES string of the molecule is Cc1cc(C(C)O)ccc1OCC#Cc1ccccc1. The van der Waals surface area contributed by atoms with Gasteiger partial charge in [0.2, 0.25) is 0 Å². The van der Waals surface area contributed by atoms with Crippen LogP contribution in [0.2, 0.25) is 0 Å². The summed E-state index contributed by atoms with van der Waals surface area (Å²) in [6.45, 7) is 4.07. The second-order valence-corrected chi connectivity index (χ2v) is 4.66. The molecule has 0 radical (unpaired) electrons. The lowest BCUT2D eigenvalue weighted by atomic mass is 10.1. The monoisotopic (exact) mass is 266 g/mol. The Morgan fingerprint density at radius 1 is 1.15 bits per heavy atom. The molecule has 0 aliphatic carbocycles. The van der Waals surface area contributed by atoms with Gasteiger partial charge in [0.1, 0.15) is 12.4 Å². The minimum atomic E-state index is -0.458. The highest BCUT2D eigenvalue weighted by Gasteiger charge is 2.04. The van der Waals surface area contributed by atoms with Gasteiger partial charge >= 0.3 is 0 Å². The van der Waals surface area contributed by atoms with Crippen LogP contribution in [0.25, 0.3) is 0 Å². The van der Waals surface area contributed by atoms with Crippen LogP contribution >= 0.6 is 0 Å². The number of aliphatic hydroxyl groups is 1. The van der Waals surface area contributed by atoms with Gasteiger partial charge in [-0.2, -0.15) is 0 Å². The van der Waals surface area contributed by atoms with E-state index in [2.05, 4.69) is 11.8 Å². The highest BCUT2D eigenvalue weighted by Crippen LogP contribution is 2.22. The second kappa shape index (κ2) is 6.79. The lowest BCUT2D eigenvalue weighted by molar-refractivity contribution is 0.199. The Kier molecular flexibility index (Phi) is 4.81. The summed E-state index contributed by atoms with van der Waals surface area (Å²) < 4.78 is 5.64. The van der Waals surface area contributed by atoms with E-state index in [9.17, 15) is 5.11 Å². The summed E-state index contributed by atoms with van der Waals surface area (Å²) in [5.74, 6) is 6.84. The average Bonchev–Trinajstić information content (AvgIpc) is 2.46. The zero-order valence-corrected chi connectivity index (χ0v) is 11.8. The number of hydrogen-bond donors (Lipinski definition) is 1. The molecule has 102 valence electrons. The summed E-state index contributed by atoms with van der Waals surface area (Å²) in [6, 6.07) is 15.5. The number of aryl methyl sites for hydroxylation is 1. The van der Waals surface area contributed by atoms with Crippen molar-refractivity contribution in [2.75, 3.05) is 6.61 Å². The molecule has 0 aromatic heterocycles. The molecule has 1 unspecified atom stereocenters. The van der Waals surface area contributed by atoms with Crippen molar-refractivity contribution < 1.29 is 9.84 Å². The zero-order chi connectivity index (χ0) is 14.4. The summed E-state index contributed by atoms with van der Waals surface area (Å²) in [7, 11) is 0. The van der Waals surface area contributed by atoms with E-state index in [1.807, 2.05) is 55.5 Å². The molecule has 0 aliphatic heterocycles. The molecular weight excluding hydrogens is 248 g/mol. The maximum atomic E-state index is 9.52. The molecule has 1 atom stereocenters. The molecule has 2 nitrogen and oxygen atoms in total. The first-order valence-electron chi connectivity index (χ1n) is 6.62. The third-order valence-electron chi connectivity index (χ3n) is 2.99. The van der Waals surface area contributed by atoms with Crippen LogP contribution in [-0.4, -0.2) is 11.7 Å². The maximum absolute atomic E-state index is 9.52. The minimum absolute atomic E-state index is 0.351. The number of aliphatic hydroxyl groups excluding tert-OH is 1. The molecule has 20 heavy (non-hydrogen) atoms. The van der Waals surface area contributed by atoms with Gasteiger partial charge in [-0.3, -0.25) is 0 Å².